The number of rotatable bonds is 13. The SMILES string of the molecule is Cc1cc2c(cc1NCCCS(=O)(=O)O)OC1=C(c3ccccc3S(=O)(=O)O)C(=NCCCS(=O)(=O)O)C(C)(c3ccccc3S(=O)(=O)O)C=C1C2. The summed E-state index contributed by atoms with van der Waals surface area (Å²) >= 11 is 0. The van der Waals surface area contributed by atoms with Gasteiger partial charge >= 0.3 is 0 Å². The van der Waals surface area contributed by atoms with Gasteiger partial charge in [0.1, 0.15) is 16.4 Å². The van der Waals surface area contributed by atoms with E-state index in [1.165, 1.54) is 42.5 Å². The van der Waals surface area contributed by atoms with Crippen molar-refractivity contribution in [3.63, 3.8) is 0 Å². The first kappa shape index (κ1) is 39.3. The van der Waals surface area contributed by atoms with E-state index in [2.05, 4.69) is 5.32 Å². The quantitative estimate of drug-likeness (QED) is 0.120. The minimum absolute atomic E-state index is 0.00732. The predicted octanol–water partition coefficient (Wildman–Crippen LogP) is 4.14. The van der Waals surface area contributed by atoms with Gasteiger partial charge in [0.05, 0.1) is 27.5 Å². The van der Waals surface area contributed by atoms with Gasteiger partial charge in [0.25, 0.3) is 40.5 Å². The van der Waals surface area contributed by atoms with Gasteiger partial charge in [-0.3, -0.25) is 23.2 Å². The molecule has 1 aliphatic heterocycles. The van der Waals surface area contributed by atoms with E-state index in [4.69, 9.17) is 14.3 Å². The Hall–Kier alpha value is -3.95. The number of aliphatic imine (C=N–C) groups is 1. The zero-order valence-electron chi connectivity index (χ0n) is 27.8. The summed E-state index contributed by atoms with van der Waals surface area (Å²) in [5.74, 6) is -0.700. The van der Waals surface area contributed by atoms with Crippen molar-refractivity contribution in [3.8, 4) is 5.75 Å². The van der Waals surface area contributed by atoms with Crippen molar-refractivity contribution < 1.29 is 56.6 Å². The zero-order valence-corrected chi connectivity index (χ0v) is 31.1. The summed E-state index contributed by atoms with van der Waals surface area (Å²) in [6, 6.07) is 14.5. The third kappa shape index (κ3) is 8.80. The van der Waals surface area contributed by atoms with E-state index < -0.39 is 67.2 Å². The van der Waals surface area contributed by atoms with Gasteiger partial charge in [-0.25, -0.2) is 0 Å². The maximum absolute atomic E-state index is 12.8. The molecule has 1 unspecified atom stereocenters. The second-order valence-corrected chi connectivity index (χ2v) is 18.4. The van der Waals surface area contributed by atoms with E-state index >= 15 is 0 Å². The lowest BCUT2D eigenvalue weighted by Gasteiger charge is -2.39. The van der Waals surface area contributed by atoms with Crippen LogP contribution in [0.25, 0.3) is 5.57 Å². The summed E-state index contributed by atoms with van der Waals surface area (Å²) in [4.78, 5) is 3.69. The Morgan fingerprint density at radius 2 is 1.40 bits per heavy atom. The van der Waals surface area contributed by atoms with Crippen molar-refractivity contribution in [3.05, 3.63) is 100 Å². The van der Waals surface area contributed by atoms with Crippen LogP contribution in [-0.2, 0) is 52.3 Å². The number of aryl methyl sites for hydroxylation is 1. The zero-order chi connectivity index (χ0) is 38.3. The van der Waals surface area contributed by atoms with Gasteiger partial charge in [0.15, 0.2) is 0 Å². The van der Waals surface area contributed by atoms with Crippen LogP contribution in [0.4, 0.5) is 5.69 Å². The largest absolute Gasteiger partial charge is 0.456 e. The van der Waals surface area contributed by atoms with Gasteiger partial charge in [-0.2, -0.15) is 33.7 Å². The normalized spacial score (nSPS) is 18.7. The van der Waals surface area contributed by atoms with E-state index in [0.717, 1.165) is 11.6 Å². The summed E-state index contributed by atoms with van der Waals surface area (Å²) in [5, 5.41) is 3.12. The van der Waals surface area contributed by atoms with E-state index in [0.29, 0.717) is 22.6 Å². The molecule has 2 aliphatic rings. The molecule has 1 heterocycles. The lowest BCUT2D eigenvalue weighted by atomic mass is 9.68. The summed E-state index contributed by atoms with van der Waals surface area (Å²) in [6.45, 7) is 3.34. The van der Waals surface area contributed by atoms with E-state index in [-0.39, 0.29) is 60.5 Å². The topological polar surface area (TPSA) is 251 Å². The monoisotopic (exact) mass is 796 g/mol. The lowest BCUT2D eigenvalue weighted by molar-refractivity contribution is 0.414. The molecule has 5 N–H and O–H groups in total. The lowest BCUT2D eigenvalue weighted by Crippen LogP contribution is -2.39. The number of nitrogens with one attached hydrogen (secondary N) is 1. The molecule has 5 rings (SSSR count). The smallest absolute Gasteiger partial charge is 0.295 e. The minimum atomic E-state index is -4.90. The Labute approximate surface area is 302 Å². The maximum Gasteiger partial charge on any atom is 0.295 e. The van der Waals surface area contributed by atoms with Crippen LogP contribution in [0.15, 0.2) is 92.9 Å². The molecule has 0 saturated heterocycles. The highest BCUT2D eigenvalue weighted by molar-refractivity contribution is 7.86. The van der Waals surface area contributed by atoms with Gasteiger partial charge in [-0.15, -0.1) is 0 Å². The number of fused-ring (bicyclic) bond motifs is 2. The maximum atomic E-state index is 12.8. The highest BCUT2D eigenvalue weighted by Crippen LogP contribution is 2.49. The molecule has 280 valence electrons. The molecule has 19 heteroatoms. The molecule has 0 bridgehead atoms. The van der Waals surface area contributed by atoms with Gasteiger partial charge in [-0.1, -0.05) is 42.5 Å². The van der Waals surface area contributed by atoms with Crippen LogP contribution < -0.4 is 10.1 Å². The molecular weight excluding hydrogens is 761 g/mol. The Morgan fingerprint density at radius 3 is 2.04 bits per heavy atom. The molecule has 0 amide bonds. The fourth-order valence-electron chi connectivity index (χ4n) is 6.38. The first-order chi connectivity index (χ1) is 24.1. The summed E-state index contributed by atoms with van der Waals surface area (Å²) < 4.78 is 142. The molecule has 15 nitrogen and oxygen atoms in total. The first-order valence-corrected chi connectivity index (χ1v) is 21.8. The fourth-order valence-corrected chi connectivity index (χ4v) is 8.89. The van der Waals surface area contributed by atoms with Crippen molar-refractivity contribution in [1.82, 2.24) is 0 Å². The molecular formula is C33H36N2O13S4. The van der Waals surface area contributed by atoms with Crippen molar-refractivity contribution in [1.29, 1.82) is 0 Å². The van der Waals surface area contributed by atoms with Crippen LogP contribution in [0.1, 0.15) is 42.0 Å². The van der Waals surface area contributed by atoms with E-state index in [1.54, 1.807) is 19.1 Å². The number of benzene rings is 3. The fraction of sp³-hybridized carbons (Fsp3) is 0.303. The van der Waals surface area contributed by atoms with Crippen LogP contribution in [0.5, 0.6) is 5.75 Å². The van der Waals surface area contributed by atoms with Crippen molar-refractivity contribution >= 4 is 57.4 Å². The Kier molecular flexibility index (Phi) is 10.9. The summed E-state index contributed by atoms with van der Waals surface area (Å²) in [5.41, 5.74) is 0.920. The third-order valence-electron chi connectivity index (χ3n) is 8.59. The van der Waals surface area contributed by atoms with E-state index in [1.807, 2.05) is 13.0 Å². The van der Waals surface area contributed by atoms with Gasteiger partial charge in [0, 0.05) is 42.4 Å². The van der Waals surface area contributed by atoms with Gasteiger partial charge in [0.2, 0.25) is 0 Å². The number of anilines is 1. The number of nitrogens with zero attached hydrogens (tertiary/aromatic N) is 1. The summed E-state index contributed by atoms with van der Waals surface area (Å²) in [6.07, 6.45) is 1.76. The molecule has 3 aromatic carbocycles. The van der Waals surface area contributed by atoms with Gasteiger partial charge < -0.3 is 10.1 Å². The number of hydrogen-bond acceptors (Lipinski definition) is 11. The van der Waals surface area contributed by atoms with Crippen LogP contribution in [0, 0.1) is 6.92 Å². The number of ether oxygens (including phenoxy) is 1. The number of allylic oxidation sites excluding steroid dienone is 3. The van der Waals surface area contributed by atoms with E-state index in [9.17, 15) is 47.3 Å². The first-order valence-electron chi connectivity index (χ1n) is 15.7. The average molecular weight is 797 g/mol. The molecule has 3 aromatic rings. The second-order valence-electron chi connectivity index (χ2n) is 12.5. The molecule has 1 aliphatic carbocycles. The standard InChI is InChI=1S/C33H36N2O13S4/c1-21-17-22-18-23-20-33(2,25-10-4-6-12-29(25)52(45,46)47)32(35-14-8-16-50(39,40)41)30(24-9-3-5-11-28(24)51(42,43)44)31(23)48-27(22)19-26(21)34-13-7-15-49(36,37)38/h3-6,9-12,17,19-20,34H,7-8,13-16,18H2,1-2H3,(H,36,37,38)(H,39,40,41)(H,42,43,44)(H,45,46,47). The van der Waals surface area contributed by atoms with Crippen molar-refractivity contribution in [2.45, 2.75) is 48.3 Å². The molecule has 0 spiro atoms. The van der Waals surface area contributed by atoms with Crippen LogP contribution >= 0.6 is 0 Å². The van der Waals surface area contributed by atoms with Crippen LogP contribution in [-0.4, -0.2) is 82.2 Å². The summed E-state index contributed by atoms with van der Waals surface area (Å²) in [7, 11) is -18.3. The van der Waals surface area contributed by atoms with Crippen molar-refractivity contribution in [2.24, 2.45) is 4.99 Å². The van der Waals surface area contributed by atoms with Crippen LogP contribution in [0.3, 0.4) is 0 Å². The molecule has 0 saturated carbocycles. The molecule has 1 atom stereocenters. The Balaban J connectivity index is 1.79. The Morgan fingerprint density at radius 1 is 0.808 bits per heavy atom. The molecule has 0 radical (unpaired) electrons. The van der Waals surface area contributed by atoms with Crippen LogP contribution in [0.2, 0.25) is 0 Å². The molecule has 52 heavy (non-hydrogen) atoms. The second kappa shape index (κ2) is 14.5. The Bertz CT molecular complexity index is 2470. The predicted molar refractivity (Wildman–Crippen MR) is 193 cm³/mol. The van der Waals surface area contributed by atoms with Gasteiger partial charge in [-0.05, 0) is 67.2 Å². The minimum Gasteiger partial charge on any atom is -0.456 e. The third-order valence-corrected chi connectivity index (χ3v) is 12.0. The van der Waals surface area contributed by atoms with Crippen molar-refractivity contribution in [2.75, 3.05) is 29.9 Å². The number of hydrogen-bond donors (Lipinski definition) is 5. The highest BCUT2D eigenvalue weighted by Gasteiger charge is 2.45. The molecule has 0 aromatic heterocycles. The highest BCUT2D eigenvalue weighted by atomic mass is 32.2. The molecule has 0 fully saturated rings. The average Bonchev–Trinajstić information content (AvgIpc) is 3.03.